The van der Waals surface area contributed by atoms with Gasteiger partial charge in [0.2, 0.25) is 0 Å². The van der Waals surface area contributed by atoms with E-state index in [9.17, 15) is 0 Å². The van der Waals surface area contributed by atoms with E-state index < -0.39 is 0 Å². The summed E-state index contributed by atoms with van der Waals surface area (Å²) in [5.74, 6) is 0. The van der Waals surface area contributed by atoms with Crippen molar-refractivity contribution in [3.8, 4) is 22.5 Å². The minimum absolute atomic E-state index is 1.00. The first-order valence-corrected chi connectivity index (χ1v) is 8.84. The van der Waals surface area contributed by atoms with Gasteiger partial charge in [0.15, 0.2) is 0 Å². The molecule has 0 amide bonds. The summed E-state index contributed by atoms with van der Waals surface area (Å²) in [5, 5.41) is 3.61. The highest BCUT2D eigenvalue weighted by Gasteiger charge is 2.16. The third-order valence-electron chi connectivity index (χ3n) is 4.94. The molecule has 0 atom stereocenters. The molecule has 2 nitrogen and oxygen atoms in total. The maximum Gasteiger partial charge on any atom is 0.0812 e. The number of para-hydroxylation sites is 1. The Kier molecular flexibility index (Phi) is 3.36. The number of benzene rings is 3. The predicted octanol–water partition coefficient (Wildman–Crippen LogP) is 6.36. The maximum absolute atomic E-state index is 5.10. The Balaban J connectivity index is 1.88. The molecule has 0 spiro atoms. The summed E-state index contributed by atoms with van der Waals surface area (Å²) in [6.45, 7) is 2.13. The first-order chi connectivity index (χ1) is 12.8. The second-order valence-electron chi connectivity index (χ2n) is 6.61. The van der Waals surface area contributed by atoms with Crippen LogP contribution in [0.25, 0.3) is 44.2 Å². The molecule has 1 N–H and O–H groups in total. The van der Waals surface area contributed by atoms with E-state index in [1.165, 1.54) is 21.7 Å². The molecular formula is C24H18N2. The van der Waals surface area contributed by atoms with E-state index in [0.29, 0.717) is 0 Å². The van der Waals surface area contributed by atoms with Gasteiger partial charge >= 0.3 is 0 Å². The number of fused-ring (bicyclic) bond motifs is 2. The molecular weight excluding hydrogens is 316 g/mol. The minimum atomic E-state index is 1.00. The van der Waals surface area contributed by atoms with Gasteiger partial charge in [-0.05, 0) is 24.4 Å². The van der Waals surface area contributed by atoms with E-state index in [0.717, 1.165) is 28.2 Å². The Hall–Kier alpha value is -3.39. The van der Waals surface area contributed by atoms with E-state index in [1.54, 1.807) is 0 Å². The molecule has 0 aliphatic heterocycles. The maximum atomic E-state index is 5.10. The van der Waals surface area contributed by atoms with E-state index in [2.05, 4.69) is 90.8 Å². The summed E-state index contributed by atoms with van der Waals surface area (Å²) >= 11 is 0. The lowest BCUT2D eigenvalue weighted by Crippen LogP contribution is -1.92. The zero-order valence-electron chi connectivity index (χ0n) is 14.5. The molecule has 5 aromatic rings. The molecule has 124 valence electrons. The lowest BCUT2D eigenvalue weighted by Gasteiger charge is -2.10. The quantitative estimate of drug-likeness (QED) is 0.400. The van der Waals surface area contributed by atoms with Crippen LogP contribution in [0.1, 0.15) is 5.69 Å². The SMILES string of the molecule is Cc1[nH]c2ccccc2c1-c1nc(-c2ccccc2)cc2ccccc12. The third-order valence-corrected chi connectivity index (χ3v) is 4.94. The van der Waals surface area contributed by atoms with Crippen molar-refractivity contribution in [3.05, 3.63) is 90.6 Å². The van der Waals surface area contributed by atoms with E-state index in [4.69, 9.17) is 4.98 Å². The fraction of sp³-hybridized carbons (Fsp3) is 0.0417. The summed E-state index contributed by atoms with van der Waals surface area (Å²) in [6, 6.07) is 29.5. The molecule has 2 heterocycles. The van der Waals surface area contributed by atoms with Gasteiger partial charge in [0.05, 0.1) is 11.4 Å². The van der Waals surface area contributed by atoms with Crippen molar-refractivity contribution >= 4 is 21.7 Å². The van der Waals surface area contributed by atoms with Gasteiger partial charge in [0.1, 0.15) is 0 Å². The molecule has 2 heteroatoms. The number of aromatic nitrogens is 2. The molecule has 2 aromatic heterocycles. The number of nitrogens with one attached hydrogen (secondary N) is 1. The van der Waals surface area contributed by atoms with E-state index in [-0.39, 0.29) is 0 Å². The molecule has 5 rings (SSSR count). The Morgan fingerprint density at radius 2 is 1.42 bits per heavy atom. The number of nitrogens with zero attached hydrogens (tertiary/aromatic N) is 1. The van der Waals surface area contributed by atoms with Gasteiger partial charge in [0.25, 0.3) is 0 Å². The fourth-order valence-electron chi connectivity index (χ4n) is 3.73. The number of aromatic amines is 1. The Morgan fingerprint density at radius 3 is 2.27 bits per heavy atom. The van der Waals surface area contributed by atoms with Gasteiger partial charge < -0.3 is 4.98 Å². The lowest BCUT2D eigenvalue weighted by molar-refractivity contribution is 1.28. The van der Waals surface area contributed by atoms with Gasteiger partial charge in [-0.3, -0.25) is 0 Å². The van der Waals surface area contributed by atoms with Crippen molar-refractivity contribution in [2.45, 2.75) is 6.92 Å². The van der Waals surface area contributed by atoms with Crippen LogP contribution in [0.4, 0.5) is 0 Å². The van der Waals surface area contributed by atoms with Crippen molar-refractivity contribution in [3.63, 3.8) is 0 Å². The summed E-state index contributed by atoms with van der Waals surface area (Å²) < 4.78 is 0. The third kappa shape index (κ3) is 2.31. The van der Waals surface area contributed by atoms with Gasteiger partial charge in [-0.2, -0.15) is 0 Å². The minimum Gasteiger partial charge on any atom is -0.358 e. The zero-order chi connectivity index (χ0) is 17.5. The summed E-state index contributed by atoms with van der Waals surface area (Å²) in [5.41, 5.74) is 6.66. The van der Waals surface area contributed by atoms with Crippen LogP contribution in [0.5, 0.6) is 0 Å². The van der Waals surface area contributed by atoms with Crippen LogP contribution in [0.2, 0.25) is 0 Å². The van der Waals surface area contributed by atoms with Crippen LogP contribution in [0, 0.1) is 6.92 Å². The summed E-state index contributed by atoms with van der Waals surface area (Å²) in [7, 11) is 0. The van der Waals surface area contributed by atoms with Crippen molar-refractivity contribution < 1.29 is 0 Å². The first kappa shape index (κ1) is 14.9. The second-order valence-corrected chi connectivity index (χ2v) is 6.61. The molecule has 3 aromatic carbocycles. The van der Waals surface area contributed by atoms with Crippen molar-refractivity contribution in [1.82, 2.24) is 9.97 Å². The standard InChI is InChI=1S/C24H18N2/c1-16-23(20-13-7-8-14-21(20)25-16)24-19-12-6-5-11-18(19)15-22(26-24)17-9-3-2-4-10-17/h2-15,25H,1H3. The van der Waals surface area contributed by atoms with Gasteiger partial charge in [-0.15, -0.1) is 0 Å². The van der Waals surface area contributed by atoms with Crippen LogP contribution in [-0.4, -0.2) is 9.97 Å². The summed E-state index contributed by atoms with van der Waals surface area (Å²) in [6.07, 6.45) is 0. The van der Waals surface area contributed by atoms with Crippen LogP contribution in [0.3, 0.4) is 0 Å². The number of pyridine rings is 1. The topological polar surface area (TPSA) is 28.7 Å². The van der Waals surface area contributed by atoms with Crippen LogP contribution in [-0.2, 0) is 0 Å². The van der Waals surface area contributed by atoms with Gasteiger partial charge in [-0.1, -0.05) is 72.8 Å². The Morgan fingerprint density at radius 1 is 0.731 bits per heavy atom. The molecule has 26 heavy (non-hydrogen) atoms. The average molecular weight is 334 g/mol. The molecule has 0 bridgehead atoms. The van der Waals surface area contributed by atoms with Gasteiger partial charge in [0, 0.05) is 33.1 Å². The van der Waals surface area contributed by atoms with Crippen LogP contribution in [0.15, 0.2) is 84.9 Å². The predicted molar refractivity (Wildman–Crippen MR) is 109 cm³/mol. The molecule has 0 unspecified atom stereocenters. The summed E-state index contributed by atoms with van der Waals surface area (Å²) in [4.78, 5) is 8.61. The molecule has 0 radical (unpaired) electrons. The van der Waals surface area contributed by atoms with E-state index >= 15 is 0 Å². The molecule has 0 aliphatic rings. The van der Waals surface area contributed by atoms with Crippen LogP contribution >= 0.6 is 0 Å². The smallest absolute Gasteiger partial charge is 0.0812 e. The normalized spacial score (nSPS) is 11.3. The largest absolute Gasteiger partial charge is 0.358 e. The zero-order valence-corrected chi connectivity index (χ0v) is 14.5. The number of rotatable bonds is 2. The molecule has 0 fully saturated rings. The van der Waals surface area contributed by atoms with Crippen molar-refractivity contribution in [1.29, 1.82) is 0 Å². The number of aryl methyl sites for hydroxylation is 1. The van der Waals surface area contributed by atoms with Crippen molar-refractivity contribution in [2.24, 2.45) is 0 Å². The number of hydrogen-bond acceptors (Lipinski definition) is 1. The fourth-order valence-corrected chi connectivity index (χ4v) is 3.73. The number of H-pyrrole nitrogens is 1. The molecule has 0 saturated heterocycles. The Labute approximate surface area is 152 Å². The van der Waals surface area contributed by atoms with Crippen LogP contribution < -0.4 is 0 Å². The monoisotopic (exact) mass is 334 g/mol. The average Bonchev–Trinajstić information content (AvgIpc) is 3.03. The number of hydrogen-bond donors (Lipinski definition) is 1. The molecule has 0 aliphatic carbocycles. The van der Waals surface area contributed by atoms with Crippen molar-refractivity contribution in [2.75, 3.05) is 0 Å². The highest BCUT2D eigenvalue weighted by molar-refractivity contribution is 6.05. The van der Waals surface area contributed by atoms with E-state index in [1.807, 2.05) is 6.07 Å². The highest BCUT2D eigenvalue weighted by atomic mass is 14.8. The Bertz CT molecular complexity index is 1230. The van der Waals surface area contributed by atoms with Gasteiger partial charge in [-0.25, -0.2) is 4.98 Å². The first-order valence-electron chi connectivity index (χ1n) is 8.84. The molecule has 0 saturated carbocycles. The highest BCUT2D eigenvalue weighted by Crippen LogP contribution is 2.37. The lowest BCUT2D eigenvalue weighted by atomic mass is 9.99. The second kappa shape index (κ2) is 5.85.